The first-order chi connectivity index (χ1) is 8.68. The Balaban J connectivity index is 2.00. The predicted octanol–water partition coefficient (Wildman–Crippen LogP) is 0.429. The van der Waals surface area contributed by atoms with Crippen LogP contribution in [-0.2, 0) is 4.79 Å². The van der Waals surface area contributed by atoms with E-state index in [1.165, 1.54) is 6.92 Å². The monoisotopic (exact) mass is 246 g/mol. The van der Waals surface area contributed by atoms with E-state index < -0.39 is 0 Å². The molecule has 0 fully saturated rings. The van der Waals surface area contributed by atoms with Crippen LogP contribution >= 0.6 is 0 Å². The van der Waals surface area contributed by atoms with E-state index in [-0.39, 0.29) is 11.8 Å². The molecule has 18 heavy (non-hydrogen) atoms. The smallest absolute Gasteiger partial charge is 0.253 e. The summed E-state index contributed by atoms with van der Waals surface area (Å²) in [6.45, 7) is 2.24. The number of carbonyl (C=O) groups is 2. The van der Waals surface area contributed by atoms with Gasteiger partial charge in [0.05, 0.1) is 17.4 Å². The molecule has 0 radical (unpaired) electrons. The van der Waals surface area contributed by atoms with Crippen molar-refractivity contribution in [1.82, 2.24) is 20.6 Å². The lowest BCUT2D eigenvalue weighted by Crippen LogP contribution is -2.33. The first-order valence-corrected chi connectivity index (χ1v) is 5.63. The van der Waals surface area contributed by atoms with E-state index in [2.05, 4.69) is 20.6 Å². The summed E-state index contributed by atoms with van der Waals surface area (Å²) in [5.41, 5.74) is 2.00. The summed E-state index contributed by atoms with van der Waals surface area (Å²) in [7, 11) is 0. The van der Waals surface area contributed by atoms with E-state index in [0.717, 1.165) is 5.52 Å². The van der Waals surface area contributed by atoms with Crippen molar-refractivity contribution in [2.24, 2.45) is 0 Å². The molecule has 0 saturated carbocycles. The third kappa shape index (κ3) is 2.65. The lowest BCUT2D eigenvalue weighted by atomic mass is 10.1. The van der Waals surface area contributed by atoms with Crippen molar-refractivity contribution in [2.45, 2.75) is 6.92 Å². The second-order valence-electron chi connectivity index (χ2n) is 3.84. The molecule has 2 aromatic rings. The van der Waals surface area contributed by atoms with Gasteiger partial charge in [0, 0.05) is 20.0 Å². The van der Waals surface area contributed by atoms with Crippen LogP contribution in [-0.4, -0.2) is 34.9 Å². The predicted molar refractivity (Wildman–Crippen MR) is 67.1 cm³/mol. The summed E-state index contributed by atoms with van der Waals surface area (Å²) in [5, 5.41) is 5.34. The number of nitrogens with one attached hydrogen (secondary N) is 3. The normalized spacial score (nSPS) is 10.3. The summed E-state index contributed by atoms with van der Waals surface area (Å²) in [6.07, 6.45) is 1.55. The van der Waals surface area contributed by atoms with Gasteiger partial charge in [-0.05, 0) is 12.1 Å². The molecule has 3 N–H and O–H groups in total. The Labute approximate surface area is 104 Å². The highest BCUT2D eigenvalue weighted by Gasteiger charge is 2.10. The molecule has 0 atom stereocenters. The van der Waals surface area contributed by atoms with Crippen LogP contribution in [0.2, 0.25) is 0 Å². The van der Waals surface area contributed by atoms with Gasteiger partial charge >= 0.3 is 0 Å². The molecule has 0 aliphatic carbocycles. The van der Waals surface area contributed by atoms with E-state index in [1.807, 2.05) is 6.07 Å². The lowest BCUT2D eigenvalue weighted by Gasteiger charge is -2.06. The molecule has 1 aromatic carbocycles. The highest BCUT2D eigenvalue weighted by molar-refractivity contribution is 6.04. The summed E-state index contributed by atoms with van der Waals surface area (Å²) in [4.78, 5) is 29.6. The Bertz CT molecular complexity index is 576. The van der Waals surface area contributed by atoms with Crippen LogP contribution < -0.4 is 10.6 Å². The Morgan fingerprint density at radius 2 is 2.06 bits per heavy atom. The van der Waals surface area contributed by atoms with Crippen LogP contribution in [0, 0.1) is 0 Å². The number of benzene rings is 1. The van der Waals surface area contributed by atoms with Gasteiger partial charge in [-0.25, -0.2) is 4.98 Å². The molecule has 94 valence electrons. The molecule has 1 heterocycles. The Morgan fingerprint density at radius 3 is 2.83 bits per heavy atom. The largest absolute Gasteiger partial charge is 0.355 e. The van der Waals surface area contributed by atoms with Crippen LogP contribution in [0.1, 0.15) is 17.3 Å². The van der Waals surface area contributed by atoms with Crippen molar-refractivity contribution in [3.63, 3.8) is 0 Å². The number of rotatable bonds is 4. The molecule has 0 aliphatic heterocycles. The van der Waals surface area contributed by atoms with Gasteiger partial charge in [0.25, 0.3) is 5.91 Å². The number of amides is 2. The van der Waals surface area contributed by atoms with Crippen molar-refractivity contribution in [2.75, 3.05) is 13.1 Å². The molecule has 6 nitrogen and oxygen atoms in total. The first-order valence-electron chi connectivity index (χ1n) is 5.63. The average Bonchev–Trinajstić information content (AvgIpc) is 2.82. The van der Waals surface area contributed by atoms with Gasteiger partial charge in [-0.1, -0.05) is 6.07 Å². The fourth-order valence-electron chi connectivity index (χ4n) is 1.66. The zero-order chi connectivity index (χ0) is 13.0. The standard InChI is InChI=1S/C12H14N4O2/c1-8(17)13-5-6-14-12(18)9-3-2-4-10-11(9)16-7-15-10/h2-4,7H,5-6H2,1H3,(H,13,17)(H,14,18)(H,15,16). The number of aromatic amines is 1. The topological polar surface area (TPSA) is 86.9 Å². The third-order valence-corrected chi connectivity index (χ3v) is 2.48. The van der Waals surface area contributed by atoms with Crippen molar-refractivity contribution >= 4 is 22.8 Å². The number of imidazole rings is 1. The van der Waals surface area contributed by atoms with E-state index in [1.54, 1.807) is 18.5 Å². The van der Waals surface area contributed by atoms with E-state index >= 15 is 0 Å². The highest BCUT2D eigenvalue weighted by Crippen LogP contribution is 2.13. The fourth-order valence-corrected chi connectivity index (χ4v) is 1.66. The number of fused-ring (bicyclic) bond motifs is 1. The summed E-state index contributed by atoms with van der Waals surface area (Å²) < 4.78 is 0. The number of carbonyl (C=O) groups excluding carboxylic acids is 2. The number of nitrogens with zero attached hydrogens (tertiary/aromatic N) is 1. The molecular formula is C12H14N4O2. The van der Waals surface area contributed by atoms with Crippen molar-refractivity contribution in [3.8, 4) is 0 Å². The zero-order valence-corrected chi connectivity index (χ0v) is 9.99. The molecule has 0 unspecified atom stereocenters. The second kappa shape index (κ2) is 5.31. The summed E-state index contributed by atoms with van der Waals surface area (Å²) in [5.74, 6) is -0.309. The van der Waals surface area contributed by atoms with Crippen LogP contribution in [0.5, 0.6) is 0 Å². The van der Waals surface area contributed by atoms with E-state index in [4.69, 9.17) is 0 Å². The Kier molecular flexibility index (Phi) is 3.57. The van der Waals surface area contributed by atoms with Crippen LogP contribution in [0.4, 0.5) is 0 Å². The maximum Gasteiger partial charge on any atom is 0.253 e. The van der Waals surface area contributed by atoms with Gasteiger partial charge in [-0.3, -0.25) is 9.59 Å². The third-order valence-electron chi connectivity index (χ3n) is 2.48. The van der Waals surface area contributed by atoms with Crippen molar-refractivity contribution in [3.05, 3.63) is 30.1 Å². The highest BCUT2D eigenvalue weighted by atomic mass is 16.2. The molecule has 0 saturated heterocycles. The van der Waals surface area contributed by atoms with Crippen LogP contribution in [0.25, 0.3) is 11.0 Å². The summed E-state index contributed by atoms with van der Waals surface area (Å²) >= 11 is 0. The first kappa shape index (κ1) is 12.1. The van der Waals surface area contributed by atoms with Crippen LogP contribution in [0.3, 0.4) is 0 Å². The molecular weight excluding hydrogens is 232 g/mol. The number of H-pyrrole nitrogens is 1. The number of hydrogen-bond acceptors (Lipinski definition) is 3. The van der Waals surface area contributed by atoms with Gasteiger partial charge < -0.3 is 15.6 Å². The molecule has 6 heteroatoms. The molecule has 2 amide bonds. The maximum atomic E-state index is 11.9. The van der Waals surface area contributed by atoms with Crippen LogP contribution in [0.15, 0.2) is 24.5 Å². The Morgan fingerprint density at radius 1 is 1.28 bits per heavy atom. The van der Waals surface area contributed by atoms with Gasteiger partial charge in [0.2, 0.25) is 5.91 Å². The van der Waals surface area contributed by atoms with E-state index in [9.17, 15) is 9.59 Å². The van der Waals surface area contributed by atoms with Crippen molar-refractivity contribution in [1.29, 1.82) is 0 Å². The maximum absolute atomic E-state index is 11.9. The zero-order valence-electron chi connectivity index (χ0n) is 9.99. The van der Waals surface area contributed by atoms with Gasteiger partial charge in [0.1, 0.15) is 5.52 Å². The van der Waals surface area contributed by atoms with Gasteiger partial charge in [0.15, 0.2) is 0 Å². The molecule has 1 aromatic heterocycles. The van der Waals surface area contributed by atoms with Gasteiger partial charge in [-0.15, -0.1) is 0 Å². The van der Waals surface area contributed by atoms with Crippen molar-refractivity contribution < 1.29 is 9.59 Å². The Hall–Kier alpha value is -2.37. The minimum Gasteiger partial charge on any atom is -0.355 e. The SMILES string of the molecule is CC(=O)NCCNC(=O)c1cccc2[nH]cnc12. The number of aromatic nitrogens is 2. The average molecular weight is 246 g/mol. The molecule has 0 aliphatic rings. The van der Waals surface area contributed by atoms with Gasteiger partial charge in [-0.2, -0.15) is 0 Å². The quantitative estimate of drug-likeness (QED) is 0.684. The lowest BCUT2D eigenvalue weighted by molar-refractivity contribution is -0.118. The molecule has 0 bridgehead atoms. The minimum atomic E-state index is -0.196. The molecule has 2 rings (SSSR count). The second-order valence-corrected chi connectivity index (χ2v) is 3.84. The summed E-state index contributed by atoms with van der Waals surface area (Å²) in [6, 6.07) is 5.37. The van der Waals surface area contributed by atoms with E-state index in [0.29, 0.717) is 24.2 Å². The minimum absolute atomic E-state index is 0.112. The number of hydrogen-bond donors (Lipinski definition) is 3. The number of para-hydroxylation sites is 1. The molecule has 0 spiro atoms. The fraction of sp³-hybridized carbons (Fsp3) is 0.250.